The van der Waals surface area contributed by atoms with Crippen LogP contribution in [0.1, 0.15) is 11.1 Å². The Morgan fingerprint density at radius 2 is 1.92 bits per heavy atom. The van der Waals surface area contributed by atoms with Gasteiger partial charge in [0.05, 0.1) is 16.3 Å². The summed E-state index contributed by atoms with van der Waals surface area (Å²) < 4.78 is 39.3. The molecule has 1 N–H and O–H groups in total. The molecule has 0 unspecified atom stereocenters. The molecule has 2 aromatic rings. The Bertz CT molecular complexity index is 740. The number of thioether (sulfide) groups is 1. The van der Waals surface area contributed by atoms with E-state index in [1.165, 1.54) is 17.8 Å². The lowest BCUT2D eigenvalue weighted by atomic mass is 10.2. The van der Waals surface area contributed by atoms with Crippen LogP contribution < -0.4 is 5.32 Å². The normalized spacial score (nSPS) is 11.4. The molecule has 0 radical (unpaired) electrons. The molecular weight excluding hydrogens is 427 g/mol. The standard InChI is InChI=1S/C16H12BrClF3NOS/c17-13-4-2-1-3-10(13)8-24-9-15(23)22-11-5-6-14(18)12(7-11)16(19,20)21/h1-7H,8-9H2,(H,22,23). The van der Waals surface area contributed by atoms with E-state index in [2.05, 4.69) is 21.2 Å². The van der Waals surface area contributed by atoms with E-state index < -0.39 is 16.8 Å². The van der Waals surface area contributed by atoms with Gasteiger partial charge in [-0.3, -0.25) is 4.79 Å². The fourth-order valence-electron chi connectivity index (χ4n) is 1.89. The lowest BCUT2D eigenvalue weighted by Gasteiger charge is -2.12. The fourth-order valence-corrected chi connectivity index (χ4v) is 3.55. The molecule has 0 aliphatic rings. The highest BCUT2D eigenvalue weighted by molar-refractivity contribution is 9.10. The Morgan fingerprint density at radius 1 is 1.21 bits per heavy atom. The third-order valence-electron chi connectivity index (χ3n) is 3.00. The van der Waals surface area contributed by atoms with Crippen LogP contribution in [-0.4, -0.2) is 11.7 Å². The molecule has 0 heterocycles. The zero-order chi connectivity index (χ0) is 17.7. The van der Waals surface area contributed by atoms with Crippen LogP contribution in [-0.2, 0) is 16.7 Å². The van der Waals surface area contributed by atoms with Gasteiger partial charge in [0.25, 0.3) is 0 Å². The number of hydrogen-bond acceptors (Lipinski definition) is 2. The van der Waals surface area contributed by atoms with Gasteiger partial charge < -0.3 is 5.32 Å². The summed E-state index contributed by atoms with van der Waals surface area (Å²) in [7, 11) is 0. The largest absolute Gasteiger partial charge is 0.417 e. The number of rotatable bonds is 5. The van der Waals surface area contributed by atoms with E-state index >= 15 is 0 Å². The number of nitrogens with one attached hydrogen (secondary N) is 1. The predicted octanol–water partition coefficient (Wildman–Crippen LogP) is 5.99. The number of carbonyl (C=O) groups excluding carboxylic acids is 1. The van der Waals surface area contributed by atoms with E-state index in [0.29, 0.717) is 5.75 Å². The van der Waals surface area contributed by atoms with Crippen molar-refractivity contribution in [3.8, 4) is 0 Å². The van der Waals surface area contributed by atoms with E-state index in [4.69, 9.17) is 11.6 Å². The summed E-state index contributed by atoms with van der Waals surface area (Å²) >= 11 is 10.3. The Balaban J connectivity index is 1.92. The number of benzene rings is 2. The van der Waals surface area contributed by atoms with E-state index in [1.54, 1.807) is 0 Å². The maximum Gasteiger partial charge on any atom is 0.417 e. The molecule has 2 nitrogen and oxygen atoms in total. The molecule has 0 saturated carbocycles. The molecule has 0 spiro atoms. The molecule has 24 heavy (non-hydrogen) atoms. The van der Waals surface area contributed by atoms with Crippen LogP contribution in [0.5, 0.6) is 0 Å². The highest BCUT2D eigenvalue weighted by Gasteiger charge is 2.33. The second-order valence-corrected chi connectivity index (χ2v) is 7.07. The topological polar surface area (TPSA) is 29.1 Å². The third kappa shape index (κ3) is 5.43. The molecule has 128 valence electrons. The van der Waals surface area contributed by atoms with E-state index in [-0.39, 0.29) is 17.3 Å². The molecule has 0 aliphatic carbocycles. The van der Waals surface area contributed by atoms with Gasteiger partial charge >= 0.3 is 6.18 Å². The zero-order valence-corrected chi connectivity index (χ0v) is 15.3. The van der Waals surface area contributed by atoms with E-state index in [0.717, 1.165) is 22.2 Å². The van der Waals surface area contributed by atoms with Crippen LogP contribution in [0, 0.1) is 0 Å². The first-order valence-electron chi connectivity index (χ1n) is 6.75. The Morgan fingerprint density at radius 3 is 2.58 bits per heavy atom. The quantitative estimate of drug-likeness (QED) is 0.621. The summed E-state index contributed by atoms with van der Waals surface area (Å²) in [6, 6.07) is 10.9. The SMILES string of the molecule is O=C(CSCc1ccccc1Br)Nc1ccc(Cl)c(C(F)(F)F)c1. The monoisotopic (exact) mass is 437 g/mol. The van der Waals surface area contributed by atoms with Gasteiger partial charge in [0.2, 0.25) is 5.91 Å². The second kappa shape index (κ2) is 8.27. The van der Waals surface area contributed by atoms with Crippen molar-refractivity contribution in [2.75, 3.05) is 11.1 Å². The van der Waals surface area contributed by atoms with E-state index in [9.17, 15) is 18.0 Å². The summed E-state index contributed by atoms with van der Waals surface area (Å²) in [5.41, 5.74) is 0.141. The molecule has 0 fully saturated rings. The molecule has 8 heteroatoms. The van der Waals surface area contributed by atoms with Crippen molar-refractivity contribution in [3.05, 3.63) is 63.1 Å². The summed E-state index contributed by atoms with van der Waals surface area (Å²) in [6.07, 6.45) is -4.56. The summed E-state index contributed by atoms with van der Waals surface area (Å²) in [4.78, 5) is 11.9. The third-order valence-corrected chi connectivity index (χ3v) is 5.09. The Hall–Kier alpha value is -1.18. The minimum Gasteiger partial charge on any atom is -0.325 e. The minimum atomic E-state index is -4.56. The lowest BCUT2D eigenvalue weighted by Crippen LogP contribution is -2.15. The summed E-state index contributed by atoms with van der Waals surface area (Å²) in [5.74, 6) is 0.372. The van der Waals surface area contributed by atoms with Gasteiger partial charge in [-0.25, -0.2) is 0 Å². The highest BCUT2D eigenvalue weighted by atomic mass is 79.9. The number of carbonyl (C=O) groups is 1. The van der Waals surface area contributed by atoms with Gasteiger partial charge in [-0.1, -0.05) is 45.7 Å². The number of hydrogen-bond donors (Lipinski definition) is 1. The van der Waals surface area contributed by atoms with Crippen LogP contribution in [0.2, 0.25) is 5.02 Å². The van der Waals surface area contributed by atoms with Crippen LogP contribution in [0.4, 0.5) is 18.9 Å². The molecule has 2 rings (SSSR count). The smallest absolute Gasteiger partial charge is 0.325 e. The first-order chi connectivity index (χ1) is 11.3. The first kappa shape index (κ1) is 19.1. The molecule has 2 aromatic carbocycles. The molecule has 0 aromatic heterocycles. The minimum absolute atomic E-state index is 0.0678. The fraction of sp³-hybridized carbons (Fsp3) is 0.188. The maximum absolute atomic E-state index is 12.8. The lowest BCUT2D eigenvalue weighted by molar-refractivity contribution is -0.137. The van der Waals surface area contributed by atoms with Gasteiger partial charge in [-0.2, -0.15) is 13.2 Å². The number of amides is 1. The van der Waals surface area contributed by atoms with Gasteiger partial charge in [0.1, 0.15) is 0 Å². The average Bonchev–Trinajstić information content (AvgIpc) is 2.50. The van der Waals surface area contributed by atoms with Gasteiger partial charge in [-0.05, 0) is 29.8 Å². The molecular formula is C16H12BrClF3NOS. The summed E-state index contributed by atoms with van der Waals surface area (Å²) in [5, 5.41) is 2.05. The molecule has 0 bridgehead atoms. The van der Waals surface area contributed by atoms with Crippen LogP contribution in [0.3, 0.4) is 0 Å². The van der Waals surface area contributed by atoms with Crippen molar-refractivity contribution in [2.45, 2.75) is 11.9 Å². The number of anilines is 1. The van der Waals surface area contributed by atoms with Crippen LogP contribution in [0.15, 0.2) is 46.9 Å². The molecule has 0 aliphatic heterocycles. The van der Waals surface area contributed by atoms with Crippen molar-refractivity contribution in [1.29, 1.82) is 0 Å². The number of alkyl halides is 3. The van der Waals surface area contributed by atoms with Crippen molar-refractivity contribution in [1.82, 2.24) is 0 Å². The van der Waals surface area contributed by atoms with Gasteiger partial charge in [0, 0.05) is 15.9 Å². The highest BCUT2D eigenvalue weighted by Crippen LogP contribution is 2.36. The number of halogens is 5. The Kier molecular flexibility index (Phi) is 6.60. The molecule has 0 atom stereocenters. The van der Waals surface area contributed by atoms with Crippen LogP contribution >= 0.6 is 39.3 Å². The predicted molar refractivity (Wildman–Crippen MR) is 95.4 cm³/mol. The zero-order valence-electron chi connectivity index (χ0n) is 12.2. The summed E-state index contributed by atoms with van der Waals surface area (Å²) in [6.45, 7) is 0. The first-order valence-corrected chi connectivity index (χ1v) is 9.07. The van der Waals surface area contributed by atoms with Crippen LogP contribution in [0.25, 0.3) is 0 Å². The maximum atomic E-state index is 12.8. The van der Waals surface area contributed by atoms with Crippen molar-refractivity contribution in [2.24, 2.45) is 0 Å². The molecule has 0 saturated heterocycles. The van der Waals surface area contributed by atoms with Crippen molar-refractivity contribution < 1.29 is 18.0 Å². The molecule has 1 amide bonds. The van der Waals surface area contributed by atoms with Gasteiger partial charge in [-0.15, -0.1) is 11.8 Å². The van der Waals surface area contributed by atoms with E-state index in [1.807, 2.05) is 24.3 Å². The Labute approximate surface area is 154 Å². The average molecular weight is 439 g/mol. The van der Waals surface area contributed by atoms with Gasteiger partial charge in [0.15, 0.2) is 0 Å². The van der Waals surface area contributed by atoms with Crippen molar-refractivity contribution >= 4 is 50.9 Å². The van der Waals surface area contributed by atoms with Crippen molar-refractivity contribution in [3.63, 3.8) is 0 Å². The second-order valence-electron chi connectivity index (χ2n) is 4.82.